The molecular formula is C31H34Cl2F3N3O4S. The van der Waals surface area contributed by atoms with E-state index in [0.717, 1.165) is 17.7 Å². The first-order valence-electron chi connectivity index (χ1n) is 13.9. The number of amides is 2. The number of aryl methyl sites for hydroxylation is 1. The zero-order chi connectivity index (χ0) is 32.8. The molecule has 0 heterocycles. The number of carbonyl (C=O) groups excluding carboxylic acids is 2. The van der Waals surface area contributed by atoms with Crippen molar-refractivity contribution in [3.63, 3.8) is 0 Å². The van der Waals surface area contributed by atoms with E-state index in [-0.39, 0.29) is 39.6 Å². The van der Waals surface area contributed by atoms with E-state index in [1.54, 1.807) is 39.0 Å². The molecular weight excluding hydrogens is 638 g/mol. The fourth-order valence-corrected chi connectivity index (χ4v) is 6.13. The van der Waals surface area contributed by atoms with Crippen LogP contribution in [0.25, 0.3) is 0 Å². The molecule has 2 amide bonds. The van der Waals surface area contributed by atoms with Crippen LogP contribution in [0.4, 0.5) is 18.9 Å². The van der Waals surface area contributed by atoms with Gasteiger partial charge in [0.1, 0.15) is 12.6 Å². The molecule has 3 aromatic carbocycles. The normalized spacial score (nSPS) is 13.2. The summed E-state index contributed by atoms with van der Waals surface area (Å²) >= 11 is 12.3. The molecule has 3 aromatic rings. The highest BCUT2D eigenvalue weighted by Gasteiger charge is 2.36. The van der Waals surface area contributed by atoms with Crippen molar-refractivity contribution >= 4 is 50.7 Å². The maximum atomic E-state index is 14.1. The minimum absolute atomic E-state index is 0.150. The van der Waals surface area contributed by atoms with Crippen LogP contribution in [0.2, 0.25) is 10.0 Å². The predicted molar refractivity (Wildman–Crippen MR) is 166 cm³/mol. The molecule has 0 bridgehead atoms. The molecule has 0 fully saturated rings. The van der Waals surface area contributed by atoms with Crippen molar-refractivity contribution < 1.29 is 31.2 Å². The molecule has 0 unspecified atom stereocenters. The molecule has 238 valence electrons. The van der Waals surface area contributed by atoms with Crippen LogP contribution in [0.5, 0.6) is 0 Å². The fourth-order valence-electron chi connectivity index (χ4n) is 4.40. The van der Waals surface area contributed by atoms with E-state index < -0.39 is 46.2 Å². The summed E-state index contributed by atoms with van der Waals surface area (Å²) in [5.41, 5.74) is -0.176. The van der Waals surface area contributed by atoms with Crippen LogP contribution in [0.1, 0.15) is 50.3 Å². The smallest absolute Gasteiger partial charge is 0.352 e. The average Bonchev–Trinajstić information content (AvgIpc) is 2.97. The van der Waals surface area contributed by atoms with Gasteiger partial charge >= 0.3 is 6.18 Å². The van der Waals surface area contributed by atoms with Gasteiger partial charge in [-0.25, -0.2) is 8.42 Å². The third kappa shape index (κ3) is 8.67. The molecule has 0 aliphatic rings. The van der Waals surface area contributed by atoms with Crippen molar-refractivity contribution in [3.05, 3.63) is 93.5 Å². The fraction of sp³-hybridized carbons (Fsp3) is 0.355. The first kappa shape index (κ1) is 35.2. The standard InChI is InChI=1S/C31H34Cl2F3N3O4S/c1-5-21(4)37-30(41)28(6-2)38(18-22-12-15-26(32)27(33)16-22)29(40)19-39(24-9-7-8-23(17-24)31(34,35)36)44(42,43)25-13-10-20(3)11-14-25/h7-17,21,28H,5-6,18-19H2,1-4H3,(H,37,41)/t21-,28-/m0/s1. The Balaban J connectivity index is 2.14. The van der Waals surface area contributed by atoms with Gasteiger partial charge in [-0.05, 0) is 74.7 Å². The molecule has 0 aliphatic heterocycles. The summed E-state index contributed by atoms with van der Waals surface area (Å²) in [6, 6.07) is 12.9. The van der Waals surface area contributed by atoms with E-state index in [1.165, 1.54) is 35.2 Å². The quantitative estimate of drug-likeness (QED) is 0.220. The van der Waals surface area contributed by atoms with Crippen LogP contribution >= 0.6 is 23.2 Å². The van der Waals surface area contributed by atoms with Crippen molar-refractivity contribution in [2.45, 2.75) is 70.2 Å². The molecule has 2 atom stereocenters. The van der Waals surface area contributed by atoms with E-state index in [4.69, 9.17) is 23.2 Å². The number of alkyl halides is 3. The van der Waals surface area contributed by atoms with Crippen molar-refractivity contribution in [2.24, 2.45) is 0 Å². The predicted octanol–water partition coefficient (Wildman–Crippen LogP) is 7.24. The molecule has 3 rings (SSSR count). The Bertz CT molecular complexity index is 1580. The second-order valence-electron chi connectivity index (χ2n) is 10.4. The monoisotopic (exact) mass is 671 g/mol. The van der Waals surface area contributed by atoms with E-state index in [9.17, 15) is 31.2 Å². The molecule has 0 saturated heterocycles. The van der Waals surface area contributed by atoms with Crippen LogP contribution in [-0.2, 0) is 32.3 Å². The summed E-state index contributed by atoms with van der Waals surface area (Å²) in [6.07, 6.45) is -3.97. The second-order valence-corrected chi connectivity index (χ2v) is 13.1. The molecule has 0 spiro atoms. The highest BCUT2D eigenvalue weighted by atomic mass is 35.5. The van der Waals surface area contributed by atoms with Gasteiger partial charge in [-0.1, -0.05) is 66.9 Å². The van der Waals surface area contributed by atoms with Gasteiger partial charge in [0.15, 0.2) is 0 Å². The third-order valence-electron chi connectivity index (χ3n) is 7.07. The van der Waals surface area contributed by atoms with Crippen LogP contribution < -0.4 is 9.62 Å². The molecule has 1 N–H and O–H groups in total. The Morgan fingerprint density at radius 2 is 1.59 bits per heavy atom. The highest BCUT2D eigenvalue weighted by molar-refractivity contribution is 7.92. The molecule has 7 nitrogen and oxygen atoms in total. The van der Waals surface area contributed by atoms with E-state index in [1.807, 2.05) is 6.92 Å². The summed E-state index contributed by atoms with van der Waals surface area (Å²) in [6.45, 7) is 6.10. The summed E-state index contributed by atoms with van der Waals surface area (Å²) in [5.74, 6) is -1.27. The minimum atomic E-state index is -4.76. The number of nitrogens with one attached hydrogen (secondary N) is 1. The maximum absolute atomic E-state index is 14.1. The van der Waals surface area contributed by atoms with Gasteiger partial charge in [-0.15, -0.1) is 0 Å². The largest absolute Gasteiger partial charge is 0.416 e. The number of rotatable bonds is 12. The van der Waals surface area contributed by atoms with Gasteiger partial charge in [0.2, 0.25) is 11.8 Å². The lowest BCUT2D eigenvalue weighted by Gasteiger charge is -2.34. The van der Waals surface area contributed by atoms with Gasteiger partial charge in [0.05, 0.1) is 26.2 Å². The number of hydrogen-bond donors (Lipinski definition) is 1. The molecule has 0 radical (unpaired) electrons. The number of benzene rings is 3. The summed E-state index contributed by atoms with van der Waals surface area (Å²) in [5, 5.41) is 3.34. The Kier molecular flexibility index (Phi) is 11.7. The van der Waals surface area contributed by atoms with E-state index in [2.05, 4.69) is 5.32 Å². The molecule has 44 heavy (non-hydrogen) atoms. The van der Waals surface area contributed by atoms with Gasteiger partial charge < -0.3 is 10.2 Å². The lowest BCUT2D eigenvalue weighted by Crippen LogP contribution is -2.53. The van der Waals surface area contributed by atoms with Crippen molar-refractivity contribution in [3.8, 4) is 0 Å². The van der Waals surface area contributed by atoms with Gasteiger partial charge in [-0.2, -0.15) is 13.2 Å². The number of nitrogens with zero attached hydrogens (tertiary/aromatic N) is 2. The molecule has 0 aromatic heterocycles. The lowest BCUT2D eigenvalue weighted by molar-refractivity contribution is -0.140. The number of anilines is 1. The maximum Gasteiger partial charge on any atom is 0.416 e. The third-order valence-corrected chi connectivity index (χ3v) is 9.60. The zero-order valence-electron chi connectivity index (χ0n) is 24.7. The zero-order valence-corrected chi connectivity index (χ0v) is 27.0. The minimum Gasteiger partial charge on any atom is -0.352 e. The van der Waals surface area contributed by atoms with Crippen LogP contribution in [0, 0.1) is 6.92 Å². The number of hydrogen-bond acceptors (Lipinski definition) is 4. The number of halogens is 5. The first-order chi connectivity index (χ1) is 20.6. The number of sulfonamides is 1. The van der Waals surface area contributed by atoms with Crippen LogP contribution in [0.3, 0.4) is 0 Å². The molecule has 13 heteroatoms. The Morgan fingerprint density at radius 1 is 0.932 bits per heavy atom. The van der Waals surface area contributed by atoms with Gasteiger partial charge in [0.25, 0.3) is 10.0 Å². The number of carbonyl (C=O) groups is 2. The van der Waals surface area contributed by atoms with Gasteiger partial charge in [-0.3, -0.25) is 13.9 Å². The second kappa shape index (κ2) is 14.7. The van der Waals surface area contributed by atoms with Crippen LogP contribution in [-0.4, -0.2) is 43.8 Å². The van der Waals surface area contributed by atoms with Crippen LogP contribution in [0.15, 0.2) is 71.6 Å². The highest BCUT2D eigenvalue weighted by Crippen LogP contribution is 2.33. The molecule has 0 saturated carbocycles. The first-order valence-corrected chi connectivity index (χ1v) is 16.1. The van der Waals surface area contributed by atoms with Gasteiger partial charge in [0, 0.05) is 12.6 Å². The lowest BCUT2D eigenvalue weighted by atomic mass is 10.1. The average molecular weight is 673 g/mol. The Labute approximate surface area is 266 Å². The summed E-state index contributed by atoms with van der Waals surface area (Å²) in [7, 11) is -4.54. The Hall–Kier alpha value is -3.28. The molecule has 0 aliphatic carbocycles. The summed E-state index contributed by atoms with van der Waals surface area (Å²) < 4.78 is 69.4. The Morgan fingerprint density at radius 3 is 2.16 bits per heavy atom. The SMILES string of the molecule is CC[C@H](C)NC(=O)[C@H](CC)N(Cc1ccc(Cl)c(Cl)c1)C(=O)CN(c1cccc(C(F)(F)F)c1)S(=O)(=O)c1ccc(C)cc1. The summed E-state index contributed by atoms with van der Waals surface area (Å²) in [4.78, 5) is 28.5. The van der Waals surface area contributed by atoms with Crippen molar-refractivity contribution in [2.75, 3.05) is 10.8 Å². The van der Waals surface area contributed by atoms with Crippen molar-refractivity contribution in [1.29, 1.82) is 0 Å². The van der Waals surface area contributed by atoms with Crippen molar-refractivity contribution in [1.82, 2.24) is 10.2 Å². The van der Waals surface area contributed by atoms with E-state index in [0.29, 0.717) is 22.4 Å². The topological polar surface area (TPSA) is 86.8 Å². The van der Waals surface area contributed by atoms with E-state index >= 15 is 0 Å².